The first kappa shape index (κ1) is 14.0. The first-order valence-electron chi connectivity index (χ1n) is 6.55. The monoisotopic (exact) mass is 237 g/mol. The minimum Gasteiger partial charge on any atom is -0.355 e. The normalized spacial score (nSPS) is 18.0. The lowest BCUT2D eigenvalue weighted by atomic mass is 9.97. The molecule has 1 saturated heterocycles. The fourth-order valence-electron chi connectivity index (χ4n) is 2.14. The van der Waals surface area contributed by atoms with E-state index in [2.05, 4.69) is 16.3 Å². The van der Waals surface area contributed by atoms with Crippen LogP contribution in [0.3, 0.4) is 0 Å². The first-order chi connectivity index (χ1) is 8.15. The van der Waals surface area contributed by atoms with E-state index in [0.717, 1.165) is 13.0 Å². The fourth-order valence-corrected chi connectivity index (χ4v) is 2.14. The van der Waals surface area contributed by atoms with Crippen LogP contribution in [-0.2, 0) is 4.79 Å². The van der Waals surface area contributed by atoms with Crippen LogP contribution in [0.15, 0.2) is 0 Å². The second-order valence-electron chi connectivity index (χ2n) is 5.04. The number of hydrogen-bond donors (Lipinski definition) is 1. The van der Waals surface area contributed by atoms with Gasteiger partial charge < -0.3 is 10.2 Å². The van der Waals surface area contributed by atoms with Gasteiger partial charge in [0.2, 0.25) is 5.91 Å². The molecule has 1 fully saturated rings. The molecule has 0 aromatic carbocycles. The van der Waals surface area contributed by atoms with Gasteiger partial charge >= 0.3 is 0 Å². The van der Waals surface area contributed by atoms with Crippen LogP contribution in [0.25, 0.3) is 0 Å². The van der Waals surface area contributed by atoms with E-state index in [1.165, 1.54) is 25.9 Å². The predicted octanol–water partition coefficient (Wildman–Crippen LogP) is 1.38. The van der Waals surface area contributed by atoms with E-state index in [0.29, 0.717) is 6.54 Å². The third-order valence-electron chi connectivity index (χ3n) is 3.24. The van der Waals surface area contributed by atoms with Crippen LogP contribution in [-0.4, -0.2) is 37.0 Å². The van der Waals surface area contributed by atoms with Crippen LogP contribution in [0.1, 0.15) is 33.1 Å². The van der Waals surface area contributed by atoms with Crippen molar-refractivity contribution in [3.63, 3.8) is 0 Å². The summed E-state index contributed by atoms with van der Waals surface area (Å²) >= 11 is 0. The standard InChI is InChI=1S/C13H23N3O/c1-11(2)12(10-14)13(17)15-6-5-9-16-7-3-4-8-16/h11-12H,3-9H2,1-2H3,(H,15,17). The van der Waals surface area contributed by atoms with Gasteiger partial charge in [0.25, 0.3) is 0 Å². The minimum absolute atomic E-state index is 0.0820. The lowest BCUT2D eigenvalue weighted by Gasteiger charge is -2.16. The van der Waals surface area contributed by atoms with E-state index in [4.69, 9.17) is 5.26 Å². The van der Waals surface area contributed by atoms with Crippen LogP contribution in [0.5, 0.6) is 0 Å². The number of amides is 1. The Morgan fingerprint density at radius 2 is 2.06 bits per heavy atom. The zero-order valence-corrected chi connectivity index (χ0v) is 10.9. The van der Waals surface area contributed by atoms with Crippen LogP contribution in [0.2, 0.25) is 0 Å². The number of nitrogens with zero attached hydrogens (tertiary/aromatic N) is 2. The molecule has 0 bridgehead atoms. The molecule has 0 aliphatic carbocycles. The Labute approximate surface area is 104 Å². The van der Waals surface area contributed by atoms with Crippen molar-refractivity contribution in [2.24, 2.45) is 11.8 Å². The van der Waals surface area contributed by atoms with Crippen LogP contribution < -0.4 is 5.32 Å². The predicted molar refractivity (Wildman–Crippen MR) is 67.2 cm³/mol. The Balaban J connectivity index is 2.13. The summed E-state index contributed by atoms with van der Waals surface area (Å²) in [5, 5.41) is 11.7. The minimum atomic E-state index is -0.512. The molecule has 4 nitrogen and oxygen atoms in total. The molecule has 1 heterocycles. The number of nitriles is 1. The lowest BCUT2D eigenvalue weighted by molar-refractivity contribution is -0.124. The van der Waals surface area contributed by atoms with Gasteiger partial charge in [-0.2, -0.15) is 5.26 Å². The Bertz CT molecular complexity index is 277. The van der Waals surface area contributed by atoms with Gasteiger partial charge in [-0.25, -0.2) is 0 Å². The number of carbonyl (C=O) groups excluding carboxylic acids is 1. The SMILES string of the molecule is CC(C)C(C#N)C(=O)NCCCN1CCCC1. The summed E-state index contributed by atoms with van der Waals surface area (Å²) in [7, 11) is 0. The van der Waals surface area contributed by atoms with Crippen molar-refractivity contribution in [3.05, 3.63) is 0 Å². The average Bonchev–Trinajstić information content (AvgIpc) is 2.77. The molecule has 1 aliphatic heterocycles. The molecule has 17 heavy (non-hydrogen) atoms. The fraction of sp³-hybridized carbons (Fsp3) is 0.846. The van der Waals surface area contributed by atoms with E-state index in [1.54, 1.807) is 0 Å². The molecule has 1 aliphatic rings. The van der Waals surface area contributed by atoms with Crippen molar-refractivity contribution in [1.82, 2.24) is 10.2 Å². The summed E-state index contributed by atoms with van der Waals surface area (Å²) in [6.07, 6.45) is 3.58. The Kier molecular flexibility index (Phi) is 5.99. The van der Waals surface area contributed by atoms with E-state index in [1.807, 2.05) is 13.8 Å². The molecule has 1 rings (SSSR count). The highest BCUT2D eigenvalue weighted by Crippen LogP contribution is 2.09. The second kappa shape index (κ2) is 7.29. The van der Waals surface area contributed by atoms with Crippen molar-refractivity contribution in [2.45, 2.75) is 33.1 Å². The highest BCUT2D eigenvalue weighted by molar-refractivity contribution is 5.81. The molecule has 1 amide bonds. The maximum absolute atomic E-state index is 11.7. The van der Waals surface area contributed by atoms with E-state index in [9.17, 15) is 4.79 Å². The molecule has 0 radical (unpaired) electrons. The summed E-state index contributed by atoms with van der Waals surface area (Å²) in [4.78, 5) is 14.1. The van der Waals surface area contributed by atoms with Crippen molar-refractivity contribution in [3.8, 4) is 6.07 Å². The molecule has 1 atom stereocenters. The summed E-state index contributed by atoms with van der Waals surface area (Å²) in [6, 6.07) is 2.06. The molecular weight excluding hydrogens is 214 g/mol. The Morgan fingerprint density at radius 3 is 2.59 bits per heavy atom. The molecule has 1 N–H and O–H groups in total. The van der Waals surface area contributed by atoms with Crippen molar-refractivity contribution in [1.29, 1.82) is 5.26 Å². The van der Waals surface area contributed by atoms with Gasteiger partial charge in [0.15, 0.2) is 0 Å². The van der Waals surface area contributed by atoms with Gasteiger partial charge in [-0.3, -0.25) is 4.79 Å². The Morgan fingerprint density at radius 1 is 1.41 bits per heavy atom. The maximum Gasteiger partial charge on any atom is 0.237 e. The number of hydrogen-bond acceptors (Lipinski definition) is 3. The molecular formula is C13H23N3O. The molecule has 0 aromatic rings. The van der Waals surface area contributed by atoms with Gasteiger partial charge in [-0.05, 0) is 44.8 Å². The Hall–Kier alpha value is -1.08. The number of rotatable bonds is 6. The molecule has 0 aromatic heterocycles. The average molecular weight is 237 g/mol. The highest BCUT2D eigenvalue weighted by atomic mass is 16.1. The van der Waals surface area contributed by atoms with Crippen molar-refractivity contribution >= 4 is 5.91 Å². The third-order valence-corrected chi connectivity index (χ3v) is 3.24. The second-order valence-corrected chi connectivity index (χ2v) is 5.04. The zero-order chi connectivity index (χ0) is 12.7. The molecule has 0 spiro atoms. The van der Waals surface area contributed by atoms with Gasteiger partial charge in [0, 0.05) is 6.54 Å². The van der Waals surface area contributed by atoms with Gasteiger partial charge in [0.1, 0.15) is 5.92 Å². The summed E-state index contributed by atoms with van der Waals surface area (Å²) in [5.41, 5.74) is 0. The molecule has 0 saturated carbocycles. The van der Waals surface area contributed by atoms with Crippen molar-refractivity contribution < 1.29 is 4.79 Å². The molecule has 96 valence electrons. The zero-order valence-electron chi connectivity index (χ0n) is 10.9. The quantitative estimate of drug-likeness (QED) is 0.710. The van der Waals surface area contributed by atoms with E-state index >= 15 is 0 Å². The number of likely N-dealkylation sites (tertiary alicyclic amines) is 1. The van der Waals surface area contributed by atoms with Crippen molar-refractivity contribution in [2.75, 3.05) is 26.2 Å². The topological polar surface area (TPSA) is 56.1 Å². The lowest BCUT2D eigenvalue weighted by Crippen LogP contribution is -2.34. The third kappa shape index (κ3) is 4.74. The highest BCUT2D eigenvalue weighted by Gasteiger charge is 2.21. The molecule has 1 unspecified atom stereocenters. The van der Waals surface area contributed by atoms with E-state index < -0.39 is 5.92 Å². The van der Waals surface area contributed by atoms with Gasteiger partial charge in [-0.15, -0.1) is 0 Å². The van der Waals surface area contributed by atoms with Crippen LogP contribution in [0.4, 0.5) is 0 Å². The summed E-state index contributed by atoms with van der Waals surface area (Å²) < 4.78 is 0. The van der Waals surface area contributed by atoms with Crippen LogP contribution in [0, 0.1) is 23.2 Å². The van der Waals surface area contributed by atoms with Crippen LogP contribution >= 0.6 is 0 Å². The number of nitrogens with one attached hydrogen (secondary N) is 1. The largest absolute Gasteiger partial charge is 0.355 e. The number of carbonyl (C=O) groups is 1. The van der Waals surface area contributed by atoms with Gasteiger partial charge in [0.05, 0.1) is 6.07 Å². The summed E-state index contributed by atoms with van der Waals surface area (Å²) in [6.45, 7) is 7.93. The molecule has 4 heteroatoms. The maximum atomic E-state index is 11.7. The van der Waals surface area contributed by atoms with E-state index in [-0.39, 0.29) is 11.8 Å². The summed E-state index contributed by atoms with van der Waals surface area (Å²) in [5.74, 6) is -0.552. The smallest absolute Gasteiger partial charge is 0.237 e. The first-order valence-corrected chi connectivity index (χ1v) is 6.55. The van der Waals surface area contributed by atoms with Gasteiger partial charge in [-0.1, -0.05) is 13.8 Å².